The molecule has 0 saturated heterocycles. The molecule has 3 aliphatic carbocycles. The number of fused-ring (bicyclic) bond motifs is 1. The SMILES string of the molecule is CC.CC.CCC1CC(O)CCC1C1CCC2(C)C(O)CCC2C1. The molecule has 2 heteroatoms. The van der Waals surface area contributed by atoms with Gasteiger partial charge in [0, 0.05) is 0 Å². The Kier molecular flexibility index (Phi) is 9.30. The van der Waals surface area contributed by atoms with E-state index in [1.54, 1.807) is 0 Å². The molecule has 7 unspecified atom stereocenters. The Balaban J connectivity index is 0.000000671. The molecule has 0 spiro atoms. The van der Waals surface area contributed by atoms with Gasteiger partial charge in [0.2, 0.25) is 0 Å². The van der Waals surface area contributed by atoms with Crippen molar-refractivity contribution in [3.63, 3.8) is 0 Å². The number of aliphatic hydroxyl groups excluding tert-OH is 2. The molecular weight excluding hydrogens is 296 g/mol. The second kappa shape index (κ2) is 10.2. The average Bonchev–Trinajstić information content (AvgIpc) is 2.93. The molecule has 0 amide bonds. The van der Waals surface area contributed by atoms with Crippen LogP contribution < -0.4 is 0 Å². The standard InChI is InChI=1S/C18H32O2.2C2H6/c1-3-12-11-15(19)5-6-16(12)13-8-9-18(2)14(10-13)4-7-17(18)20;2*1-2/h12-17,19-20H,3-11H2,1-2H3;2*1-2H3. The molecule has 24 heavy (non-hydrogen) atoms. The Morgan fingerprint density at radius 1 is 0.875 bits per heavy atom. The predicted molar refractivity (Wildman–Crippen MR) is 104 cm³/mol. The Hall–Kier alpha value is -0.0800. The van der Waals surface area contributed by atoms with E-state index < -0.39 is 0 Å². The van der Waals surface area contributed by atoms with Gasteiger partial charge in [-0.15, -0.1) is 0 Å². The zero-order valence-corrected chi connectivity index (χ0v) is 17.2. The van der Waals surface area contributed by atoms with Gasteiger partial charge in [-0.2, -0.15) is 0 Å². The smallest absolute Gasteiger partial charge is 0.0596 e. The molecule has 7 atom stereocenters. The largest absolute Gasteiger partial charge is 0.393 e. The van der Waals surface area contributed by atoms with Crippen LogP contribution in [0, 0.1) is 29.1 Å². The van der Waals surface area contributed by atoms with E-state index in [9.17, 15) is 10.2 Å². The van der Waals surface area contributed by atoms with Crippen LogP contribution in [-0.4, -0.2) is 22.4 Å². The molecule has 2 nitrogen and oxygen atoms in total. The van der Waals surface area contributed by atoms with Crippen molar-refractivity contribution in [2.24, 2.45) is 29.1 Å². The maximum absolute atomic E-state index is 10.3. The number of hydrogen-bond donors (Lipinski definition) is 2. The van der Waals surface area contributed by atoms with E-state index in [1.165, 1.54) is 38.5 Å². The van der Waals surface area contributed by atoms with Crippen LogP contribution >= 0.6 is 0 Å². The summed E-state index contributed by atoms with van der Waals surface area (Å²) in [6.45, 7) is 12.6. The van der Waals surface area contributed by atoms with Crippen LogP contribution in [-0.2, 0) is 0 Å². The highest BCUT2D eigenvalue weighted by atomic mass is 16.3. The molecule has 0 heterocycles. The minimum atomic E-state index is -0.0522. The summed E-state index contributed by atoms with van der Waals surface area (Å²) in [5.41, 5.74) is 0.215. The van der Waals surface area contributed by atoms with Crippen LogP contribution in [0.25, 0.3) is 0 Å². The van der Waals surface area contributed by atoms with Crippen LogP contribution in [0.5, 0.6) is 0 Å². The molecule has 3 aliphatic rings. The molecule has 3 fully saturated rings. The third kappa shape index (κ3) is 4.55. The first-order valence-corrected chi connectivity index (χ1v) is 10.9. The minimum absolute atomic E-state index is 0.0432. The van der Waals surface area contributed by atoms with Crippen molar-refractivity contribution in [1.82, 2.24) is 0 Å². The number of rotatable bonds is 2. The van der Waals surface area contributed by atoms with E-state index >= 15 is 0 Å². The Bertz CT molecular complexity index is 343. The topological polar surface area (TPSA) is 40.5 Å². The Morgan fingerprint density at radius 2 is 1.54 bits per heavy atom. The summed E-state index contributed by atoms with van der Waals surface area (Å²) in [5, 5.41) is 20.2. The first-order chi connectivity index (χ1) is 11.5. The summed E-state index contributed by atoms with van der Waals surface area (Å²) in [5.74, 6) is 3.18. The van der Waals surface area contributed by atoms with Gasteiger partial charge in [0.1, 0.15) is 0 Å². The first kappa shape index (κ1) is 22.0. The van der Waals surface area contributed by atoms with Gasteiger partial charge in [-0.3, -0.25) is 0 Å². The molecule has 0 bridgehead atoms. The van der Waals surface area contributed by atoms with Gasteiger partial charge in [0.15, 0.2) is 0 Å². The van der Waals surface area contributed by atoms with Crippen molar-refractivity contribution in [3.05, 3.63) is 0 Å². The lowest BCUT2D eigenvalue weighted by Gasteiger charge is -2.47. The molecule has 0 aliphatic heterocycles. The van der Waals surface area contributed by atoms with E-state index in [2.05, 4.69) is 13.8 Å². The van der Waals surface area contributed by atoms with Gasteiger partial charge in [0.25, 0.3) is 0 Å². The minimum Gasteiger partial charge on any atom is -0.393 e. The van der Waals surface area contributed by atoms with Crippen molar-refractivity contribution in [3.8, 4) is 0 Å². The van der Waals surface area contributed by atoms with E-state index in [0.29, 0.717) is 0 Å². The second-order valence-electron chi connectivity index (χ2n) is 8.13. The quantitative estimate of drug-likeness (QED) is 0.666. The third-order valence-electron chi connectivity index (χ3n) is 7.27. The lowest BCUT2D eigenvalue weighted by atomic mass is 9.59. The summed E-state index contributed by atoms with van der Waals surface area (Å²) in [7, 11) is 0. The van der Waals surface area contributed by atoms with Gasteiger partial charge < -0.3 is 10.2 Å². The van der Waals surface area contributed by atoms with E-state index in [4.69, 9.17) is 0 Å². The fourth-order valence-corrected chi connectivity index (χ4v) is 5.77. The third-order valence-corrected chi connectivity index (χ3v) is 7.27. The highest BCUT2D eigenvalue weighted by Gasteiger charge is 2.50. The number of hydrogen-bond acceptors (Lipinski definition) is 2. The zero-order chi connectivity index (χ0) is 18.3. The summed E-state index contributed by atoms with van der Waals surface area (Å²) in [6.07, 6.45) is 10.5. The molecule has 0 aromatic carbocycles. The maximum Gasteiger partial charge on any atom is 0.0596 e. The average molecular weight is 341 g/mol. The van der Waals surface area contributed by atoms with Gasteiger partial charge in [-0.05, 0) is 80.5 Å². The monoisotopic (exact) mass is 340 g/mol. The Morgan fingerprint density at radius 3 is 2.17 bits per heavy atom. The first-order valence-electron chi connectivity index (χ1n) is 10.9. The molecule has 0 aromatic rings. The summed E-state index contributed by atoms with van der Waals surface area (Å²) in [6, 6.07) is 0. The molecule has 3 rings (SSSR count). The summed E-state index contributed by atoms with van der Waals surface area (Å²) >= 11 is 0. The molecular formula is C22H44O2. The van der Waals surface area contributed by atoms with Crippen LogP contribution in [0.15, 0.2) is 0 Å². The van der Waals surface area contributed by atoms with Crippen LogP contribution in [0.1, 0.15) is 99.3 Å². The normalized spacial score (nSPS) is 44.5. The van der Waals surface area contributed by atoms with Gasteiger partial charge in [-0.1, -0.05) is 48.0 Å². The molecule has 0 aromatic heterocycles. The molecule has 0 radical (unpaired) electrons. The van der Waals surface area contributed by atoms with E-state index in [1.807, 2.05) is 27.7 Å². The van der Waals surface area contributed by atoms with Crippen molar-refractivity contribution >= 4 is 0 Å². The highest BCUT2D eigenvalue weighted by molar-refractivity contribution is 5.00. The maximum atomic E-state index is 10.3. The van der Waals surface area contributed by atoms with Crippen molar-refractivity contribution in [2.45, 2.75) is 112 Å². The van der Waals surface area contributed by atoms with Crippen molar-refractivity contribution < 1.29 is 10.2 Å². The fourth-order valence-electron chi connectivity index (χ4n) is 5.77. The number of aliphatic hydroxyl groups is 2. The van der Waals surface area contributed by atoms with Crippen molar-refractivity contribution in [2.75, 3.05) is 0 Å². The van der Waals surface area contributed by atoms with Crippen molar-refractivity contribution in [1.29, 1.82) is 0 Å². The van der Waals surface area contributed by atoms with E-state index in [0.717, 1.165) is 42.9 Å². The molecule has 144 valence electrons. The molecule has 3 saturated carbocycles. The summed E-state index contributed by atoms with van der Waals surface area (Å²) < 4.78 is 0. The van der Waals surface area contributed by atoms with Gasteiger partial charge in [0.05, 0.1) is 12.2 Å². The second-order valence-corrected chi connectivity index (χ2v) is 8.13. The lowest BCUT2D eigenvalue weighted by molar-refractivity contribution is -0.0299. The lowest BCUT2D eigenvalue weighted by Crippen LogP contribution is -2.41. The predicted octanol–water partition coefficient (Wildman–Crippen LogP) is 5.80. The van der Waals surface area contributed by atoms with Crippen LogP contribution in [0.4, 0.5) is 0 Å². The summed E-state index contributed by atoms with van der Waals surface area (Å²) in [4.78, 5) is 0. The van der Waals surface area contributed by atoms with Crippen LogP contribution in [0.3, 0.4) is 0 Å². The Labute approximate surface area is 151 Å². The molecule has 2 N–H and O–H groups in total. The van der Waals surface area contributed by atoms with Gasteiger partial charge in [-0.25, -0.2) is 0 Å². The fraction of sp³-hybridized carbons (Fsp3) is 1.00. The van der Waals surface area contributed by atoms with Crippen LogP contribution in [0.2, 0.25) is 0 Å². The van der Waals surface area contributed by atoms with E-state index in [-0.39, 0.29) is 17.6 Å². The van der Waals surface area contributed by atoms with Gasteiger partial charge >= 0.3 is 0 Å². The highest BCUT2D eigenvalue weighted by Crippen LogP contribution is 2.56. The zero-order valence-electron chi connectivity index (χ0n) is 17.2.